The second kappa shape index (κ2) is 8.78. The van der Waals surface area contributed by atoms with Crippen molar-refractivity contribution in [3.05, 3.63) is 24.3 Å². The number of rotatable bonds is 8. The van der Waals surface area contributed by atoms with Gasteiger partial charge in [0.15, 0.2) is 11.5 Å². The third kappa shape index (κ3) is 4.54. The summed E-state index contributed by atoms with van der Waals surface area (Å²) in [7, 11) is 3.71. The molecule has 0 bridgehead atoms. The van der Waals surface area contributed by atoms with E-state index in [1.54, 1.807) is 12.0 Å². The summed E-state index contributed by atoms with van der Waals surface area (Å²) in [5.74, 6) is 1.44. The smallest absolute Gasteiger partial charge is 0.317 e. The van der Waals surface area contributed by atoms with Crippen molar-refractivity contribution in [1.82, 2.24) is 15.1 Å². The Morgan fingerprint density at radius 1 is 1.33 bits per heavy atom. The molecule has 0 saturated carbocycles. The minimum Gasteiger partial charge on any atom is -0.493 e. The van der Waals surface area contributed by atoms with E-state index in [0.717, 1.165) is 18.7 Å². The lowest BCUT2D eigenvalue weighted by Gasteiger charge is -2.39. The molecule has 1 N–H and O–H groups in total. The Labute approximate surface area is 144 Å². The number of nitrogens with zero attached hydrogens (tertiary/aromatic N) is 2. The van der Waals surface area contributed by atoms with E-state index in [1.807, 2.05) is 24.3 Å². The number of likely N-dealkylation sites (tertiary alicyclic amines) is 1. The van der Waals surface area contributed by atoms with Crippen LogP contribution in [0.1, 0.15) is 20.3 Å². The van der Waals surface area contributed by atoms with Crippen molar-refractivity contribution in [2.24, 2.45) is 0 Å². The molecule has 0 radical (unpaired) electrons. The first-order chi connectivity index (χ1) is 11.6. The van der Waals surface area contributed by atoms with Crippen LogP contribution in [-0.2, 0) is 0 Å². The summed E-state index contributed by atoms with van der Waals surface area (Å²) in [4.78, 5) is 16.2. The molecular weight excluding hydrogens is 306 g/mol. The Morgan fingerprint density at radius 2 is 2.00 bits per heavy atom. The van der Waals surface area contributed by atoms with Crippen LogP contribution >= 0.6 is 0 Å². The molecule has 1 saturated heterocycles. The fourth-order valence-corrected chi connectivity index (χ4v) is 2.76. The quantitative estimate of drug-likeness (QED) is 0.791. The Kier molecular flexibility index (Phi) is 6.73. The number of benzene rings is 1. The van der Waals surface area contributed by atoms with E-state index in [0.29, 0.717) is 31.4 Å². The van der Waals surface area contributed by atoms with Gasteiger partial charge in [-0.2, -0.15) is 0 Å². The number of para-hydroxylation sites is 2. The number of amides is 2. The maximum atomic E-state index is 12.2. The third-order valence-corrected chi connectivity index (χ3v) is 4.58. The molecule has 1 heterocycles. The first-order valence-electron chi connectivity index (χ1n) is 8.61. The van der Waals surface area contributed by atoms with Crippen molar-refractivity contribution in [3.8, 4) is 11.5 Å². The lowest BCUT2D eigenvalue weighted by Crippen LogP contribution is -2.59. The van der Waals surface area contributed by atoms with E-state index in [-0.39, 0.29) is 12.1 Å². The Balaban J connectivity index is 1.74. The molecule has 2 rings (SSSR count). The molecule has 0 spiro atoms. The van der Waals surface area contributed by atoms with E-state index in [2.05, 4.69) is 31.1 Å². The lowest BCUT2D eigenvalue weighted by atomic mass is 10.1. The number of nitrogens with one attached hydrogen (secondary N) is 1. The van der Waals surface area contributed by atoms with Crippen LogP contribution in [0.15, 0.2) is 24.3 Å². The molecule has 6 heteroatoms. The van der Waals surface area contributed by atoms with Crippen LogP contribution in [0.3, 0.4) is 0 Å². The predicted octanol–water partition coefficient (Wildman–Crippen LogP) is 2.20. The monoisotopic (exact) mass is 335 g/mol. The first-order valence-corrected chi connectivity index (χ1v) is 8.61. The zero-order valence-electron chi connectivity index (χ0n) is 15.1. The van der Waals surface area contributed by atoms with Gasteiger partial charge in [0.05, 0.1) is 20.2 Å². The summed E-state index contributed by atoms with van der Waals surface area (Å²) < 4.78 is 11.2. The molecule has 134 valence electrons. The van der Waals surface area contributed by atoms with Crippen LogP contribution in [0.4, 0.5) is 4.79 Å². The minimum atomic E-state index is -0.0159. The topological polar surface area (TPSA) is 54.0 Å². The average molecular weight is 335 g/mol. The lowest BCUT2D eigenvalue weighted by molar-refractivity contribution is 0.0421. The maximum absolute atomic E-state index is 12.2. The number of methoxy groups -OCH3 is 1. The third-order valence-electron chi connectivity index (χ3n) is 4.58. The molecule has 1 fully saturated rings. The summed E-state index contributed by atoms with van der Waals surface area (Å²) in [6.45, 7) is 7.12. The summed E-state index contributed by atoms with van der Waals surface area (Å²) >= 11 is 0. The van der Waals surface area contributed by atoms with Gasteiger partial charge in [-0.15, -0.1) is 0 Å². The summed E-state index contributed by atoms with van der Waals surface area (Å²) in [6, 6.07) is 7.93. The standard InChI is InChI=1S/C18H29N3O3/c1-5-14(20(3)6-2)11-19-18(22)21-12-15(13-21)24-17-10-8-7-9-16(17)23-4/h7-10,14-15H,5-6,11-13H2,1-4H3,(H,19,22)/t14-/m1/s1. The molecular formula is C18H29N3O3. The van der Waals surface area contributed by atoms with Crippen molar-refractivity contribution in [3.63, 3.8) is 0 Å². The van der Waals surface area contributed by atoms with Gasteiger partial charge in [0, 0.05) is 12.6 Å². The van der Waals surface area contributed by atoms with Crippen LogP contribution in [0, 0.1) is 0 Å². The number of urea groups is 1. The number of carbonyl (C=O) groups excluding carboxylic acids is 1. The van der Waals surface area contributed by atoms with Crippen molar-refractivity contribution in [2.45, 2.75) is 32.4 Å². The molecule has 0 aliphatic carbocycles. The van der Waals surface area contributed by atoms with Crippen molar-refractivity contribution >= 4 is 6.03 Å². The van der Waals surface area contributed by atoms with Crippen molar-refractivity contribution < 1.29 is 14.3 Å². The second-order valence-electron chi connectivity index (χ2n) is 6.12. The van der Waals surface area contributed by atoms with E-state index in [9.17, 15) is 4.79 Å². The molecule has 1 aromatic rings. The maximum Gasteiger partial charge on any atom is 0.317 e. The number of hydrogen-bond donors (Lipinski definition) is 1. The number of carbonyl (C=O) groups is 1. The SMILES string of the molecule is CC[C@H](CNC(=O)N1CC(Oc2ccccc2OC)C1)N(C)CC. The minimum absolute atomic E-state index is 0.0159. The van der Waals surface area contributed by atoms with Crippen LogP contribution in [0.25, 0.3) is 0 Å². The van der Waals surface area contributed by atoms with Gasteiger partial charge in [-0.1, -0.05) is 26.0 Å². The van der Waals surface area contributed by atoms with Gasteiger partial charge < -0.3 is 24.6 Å². The van der Waals surface area contributed by atoms with Gasteiger partial charge in [-0.05, 0) is 32.1 Å². The average Bonchev–Trinajstić information content (AvgIpc) is 2.57. The van der Waals surface area contributed by atoms with Crippen LogP contribution < -0.4 is 14.8 Å². The number of likely N-dealkylation sites (N-methyl/N-ethyl adjacent to an activating group) is 1. The van der Waals surface area contributed by atoms with Gasteiger partial charge in [-0.3, -0.25) is 0 Å². The van der Waals surface area contributed by atoms with Gasteiger partial charge >= 0.3 is 6.03 Å². The summed E-state index contributed by atoms with van der Waals surface area (Å²) in [6.07, 6.45) is 1.04. The Hall–Kier alpha value is -1.95. The van der Waals surface area contributed by atoms with Gasteiger partial charge in [0.2, 0.25) is 0 Å². The van der Waals surface area contributed by atoms with Gasteiger partial charge in [0.25, 0.3) is 0 Å². The zero-order chi connectivity index (χ0) is 17.5. The predicted molar refractivity (Wildman–Crippen MR) is 94.8 cm³/mol. The van der Waals surface area contributed by atoms with Crippen LogP contribution in [0.2, 0.25) is 0 Å². The molecule has 1 aliphatic heterocycles. The highest BCUT2D eigenvalue weighted by Crippen LogP contribution is 2.28. The van der Waals surface area contributed by atoms with Crippen molar-refractivity contribution in [1.29, 1.82) is 0 Å². The van der Waals surface area contributed by atoms with Gasteiger partial charge in [0.1, 0.15) is 6.10 Å². The molecule has 2 amide bonds. The molecule has 1 aromatic carbocycles. The molecule has 1 atom stereocenters. The normalized spacial score (nSPS) is 15.8. The molecule has 1 aliphatic rings. The molecule has 0 unspecified atom stereocenters. The second-order valence-corrected chi connectivity index (χ2v) is 6.12. The highest BCUT2D eigenvalue weighted by atomic mass is 16.5. The van der Waals surface area contributed by atoms with Crippen LogP contribution in [0.5, 0.6) is 11.5 Å². The van der Waals surface area contributed by atoms with E-state index in [1.165, 1.54) is 0 Å². The number of hydrogen-bond acceptors (Lipinski definition) is 4. The van der Waals surface area contributed by atoms with E-state index in [4.69, 9.17) is 9.47 Å². The van der Waals surface area contributed by atoms with E-state index < -0.39 is 0 Å². The zero-order valence-corrected chi connectivity index (χ0v) is 15.1. The molecule has 0 aromatic heterocycles. The van der Waals surface area contributed by atoms with Crippen LogP contribution in [-0.4, -0.2) is 68.3 Å². The highest BCUT2D eigenvalue weighted by Gasteiger charge is 2.33. The van der Waals surface area contributed by atoms with Gasteiger partial charge in [-0.25, -0.2) is 4.79 Å². The highest BCUT2D eigenvalue weighted by molar-refractivity contribution is 5.75. The van der Waals surface area contributed by atoms with E-state index >= 15 is 0 Å². The molecule has 24 heavy (non-hydrogen) atoms. The largest absolute Gasteiger partial charge is 0.493 e. The fourth-order valence-electron chi connectivity index (χ4n) is 2.76. The summed E-state index contributed by atoms with van der Waals surface area (Å²) in [5, 5.41) is 3.02. The first kappa shape index (κ1) is 18.4. The summed E-state index contributed by atoms with van der Waals surface area (Å²) in [5.41, 5.74) is 0. The van der Waals surface area contributed by atoms with Crippen molar-refractivity contribution in [2.75, 3.05) is 40.3 Å². The number of ether oxygens (including phenoxy) is 2. The Bertz CT molecular complexity index is 532. The fraction of sp³-hybridized carbons (Fsp3) is 0.611. The Morgan fingerprint density at radius 3 is 2.58 bits per heavy atom. The molecule has 6 nitrogen and oxygen atoms in total.